The number of carbonyl (C=O) groups is 1. The van der Waals surface area contributed by atoms with Crippen LogP contribution < -0.4 is 5.32 Å². The Hall–Kier alpha value is -0.410. The lowest BCUT2D eigenvalue weighted by Crippen LogP contribution is -2.58. The van der Waals surface area contributed by atoms with Crippen LogP contribution in [0.5, 0.6) is 0 Å². The molecule has 3 nitrogen and oxygen atoms in total. The molecule has 2 bridgehead atoms. The molecule has 2 rings (SSSR count). The van der Waals surface area contributed by atoms with Gasteiger partial charge in [0.2, 0.25) is 0 Å². The van der Waals surface area contributed by atoms with Crippen molar-refractivity contribution >= 4 is 5.78 Å². The maximum absolute atomic E-state index is 11.7. The Balaban J connectivity index is 2.07. The number of piperidine rings is 2. The molecule has 2 heterocycles. The van der Waals surface area contributed by atoms with E-state index in [9.17, 15) is 4.79 Å². The van der Waals surface area contributed by atoms with Crippen LogP contribution in [0.1, 0.15) is 13.8 Å². The zero-order chi connectivity index (χ0) is 9.42. The fourth-order valence-electron chi connectivity index (χ4n) is 2.34. The highest BCUT2D eigenvalue weighted by Crippen LogP contribution is 2.22. The van der Waals surface area contributed by atoms with E-state index in [0.717, 1.165) is 26.2 Å². The van der Waals surface area contributed by atoms with Crippen LogP contribution in [0.3, 0.4) is 0 Å². The SMILES string of the molecule is CC(C)N1CC2CNCC(C1)C2=O. The van der Waals surface area contributed by atoms with Gasteiger partial charge in [0.15, 0.2) is 0 Å². The third-order valence-electron chi connectivity index (χ3n) is 3.23. The molecule has 3 heteroatoms. The number of nitrogens with zero attached hydrogens (tertiary/aromatic N) is 1. The van der Waals surface area contributed by atoms with Crippen LogP contribution in [0.4, 0.5) is 0 Å². The second-order valence-corrected chi connectivity index (χ2v) is 4.50. The third-order valence-corrected chi connectivity index (χ3v) is 3.23. The van der Waals surface area contributed by atoms with Crippen LogP contribution in [-0.4, -0.2) is 42.9 Å². The molecule has 0 aromatic rings. The first kappa shape index (κ1) is 9.16. The normalized spacial score (nSPS) is 35.5. The van der Waals surface area contributed by atoms with Gasteiger partial charge in [-0.1, -0.05) is 0 Å². The first-order chi connectivity index (χ1) is 6.18. The van der Waals surface area contributed by atoms with Crippen molar-refractivity contribution in [3.63, 3.8) is 0 Å². The van der Waals surface area contributed by atoms with Crippen molar-refractivity contribution in [1.29, 1.82) is 0 Å². The van der Waals surface area contributed by atoms with Gasteiger partial charge in [0.25, 0.3) is 0 Å². The van der Waals surface area contributed by atoms with E-state index in [1.807, 2.05) is 0 Å². The summed E-state index contributed by atoms with van der Waals surface area (Å²) in [5.74, 6) is 1.01. The first-order valence-corrected chi connectivity index (χ1v) is 5.17. The minimum atomic E-state index is 0.259. The molecule has 2 saturated heterocycles. The van der Waals surface area contributed by atoms with Gasteiger partial charge < -0.3 is 5.32 Å². The highest BCUT2D eigenvalue weighted by Gasteiger charge is 2.38. The smallest absolute Gasteiger partial charge is 0.144 e. The molecule has 1 N–H and O–H groups in total. The van der Waals surface area contributed by atoms with Gasteiger partial charge in [-0.3, -0.25) is 9.69 Å². The largest absolute Gasteiger partial charge is 0.315 e. The van der Waals surface area contributed by atoms with E-state index < -0.39 is 0 Å². The van der Waals surface area contributed by atoms with Crippen molar-refractivity contribution in [3.8, 4) is 0 Å². The molecular weight excluding hydrogens is 164 g/mol. The van der Waals surface area contributed by atoms with E-state index in [-0.39, 0.29) is 11.8 Å². The van der Waals surface area contributed by atoms with Gasteiger partial charge >= 0.3 is 0 Å². The Bertz CT molecular complexity index is 199. The average Bonchev–Trinajstić information content (AvgIpc) is 2.02. The summed E-state index contributed by atoms with van der Waals surface area (Å²) in [4.78, 5) is 14.1. The molecular formula is C10H18N2O. The molecule has 74 valence electrons. The van der Waals surface area contributed by atoms with Crippen LogP contribution >= 0.6 is 0 Å². The van der Waals surface area contributed by atoms with Crippen molar-refractivity contribution < 1.29 is 4.79 Å². The molecule has 2 unspecified atom stereocenters. The van der Waals surface area contributed by atoms with E-state index in [1.54, 1.807) is 0 Å². The Morgan fingerprint density at radius 2 is 1.85 bits per heavy atom. The average molecular weight is 182 g/mol. The monoisotopic (exact) mass is 182 g/mol. The zero-order valence-corrected chi connectivity index (χ0v) is 8.42. The van der Waals surface area contributed by atoms with Crippen molar-refractivity contribution in [2.75, 3.05) is 26.2 Å². The number of hydrogen-bond donors (Lipinski definition) is 1. The summed E-state index contributed by atoms with van der Waals surface area (Å²) in [6.07, 6.45) is 0. The van der Waals surface area contributed by atoms with Crippen molar-refractivity contribution in [2.24, 2.45) is 11.8 Å². The molecule has 0 aliphatic carbocycles. The lowest BCUT2D eigenvalue weighted by Gasteiger charge is -2.42. The van der Waals surface area contributed by atoms with E-state index in [2.05, 4.69) is 24.1 Å². The molecule has 0 amide bonds. The second-order valence-electron chi connectivity index (χ2n) is 4.50. The fourth-order valence-corrected chi connectivity index (χ4v) is 2.34. The quantitative estimate of drug-likeness (QED) is 0.625. The number of nitrogens with one attached hydrogen (secondary N) is 1. The Kier molecular flexibility index (Phi) is 2.39. The van der Waals surface area contributed by atoms with E-state index in [1.165, 1.54) is 0 Å². The highest BCUT2D eigenvalue weighted by molar-refractivity contribution is 5.85. The number of fused-ring (bicyclic) bond motifs is 2. The lowest BCUT2D eigenvalue weighted by atomic mass is 9.84. The van der Waals surface area contributed by atoms with Gasteiger partial charge in [0.05, 0.1) is 0 Å². The number of carbonyl (C=O) groups excluding carboxylic acids is 1. The summed E-state index contributed by atoms with van der Waals surface area (Å²) in [6.45, 7) is 8.11. The molecule has 13 heavy (non-hydrogen) atoms. The van der Waals surface area contributed by atoms with E-state index in [0.29, 0.717) is 11.8 Å². The van der Waals surface area contributed by atoms with Gasteiger partial charge in [-0.25, -0.2) is 0 Å². The molecule has 2 aliphatic heterocycles. The van der Waals surface area contributed by atoms with Crippen molar-refractivity contribution in [2.45, 2.75) is 19.9 Å². The maximum Gasteiger partial charge on any atom is 0.144 e. The molecule has 2 fully saturated rings. The number of Topliss-reactive ketones (excluding diaryl/α,β-unsaturated/α-hetero) is 1. The highest BCUT2D eigenvalue weighted by atomic mass is 16.1. The zero-order valence-electron chi connectivity index (χ0n) is 8.42. The minimum absolute atomic E-state index is 0.259. The molecule has 2 atom stereocenters. The van der Waals surface area contributed by atoms with Gasteiger partial charge in [0, 0.05) is 44.1 Å². The molecule has 0 spiro atoms. The Morgan fingerprint density at radius 1 is 1.31 bits per heavy atom. The van der Waals surface area contributed by atoms with Crippen molar-refractivity contribution in [1.82, 2.24) is 10.2 Å². The second kappa shape index (κ2) is 3.39. The number of likely N-dealkylation sites (tertiary alicyclic amines) is 1. The number of ketones is 1. The minimum Gasteiger partial charge on any atom is -0.315 e. The predicted molar refractivity (Wildman–Crippen MR) is 51.6 cm³/mol. The van der Waals surface area contributed by atoms with Gasteiger partial charge in [0.1, 0.15) is 5.78 Å². The summed E-state index contributed by atoms with van der Waals surface area (Å²) in [7, 11) is 0. The number of rotatable bonds is 1. The van der Waals surface area contributed by atoms with E-state index in [4.69, 9.17) is 0 Å². The number of hydrogen-bond acceptors (Lipinski definition) is 3. The fraction of sp³-hybridized carbons (Fsp3) is 0.900. The molecule has 0 aromatic heterocycles. The van der Waals surface area contributed by atoms with Crippen LogP contribution in [0.25, 0.3) is 0 Å². The summed E-state index contributed by atoms with van der Waals surface area (Å²) in [5.41, 5.74) is 0. The van der Waals surface area contributed by atoms with E-state index >= 15 is 0 Å². The summed E-state index contributed by atoms with van der Waals surface area (Å²) in [5, 5.41) is 3.33. The van der Waals surface area contributed by atoms with Gasteiger partial charge in [-0.15, -0.1) is 0 Å². The summed E-state index contributed by atoms with van der Waals surface area (Å²) in [6, 6.07) is 0.580. The van der Waals surface area contributed by atoms with Crippen LogP contribution in [-0.2, 0) is 4.79 Å². The lowest BCUT2D eigenvalue weighted by molar-refractivity contribution is -0.133. The molecule has 0 radical (unpaired) electrons. The van der Waals surface area contributed by atoms with Gasteiger partial charge in [-0.05, 0) is 13.8 Å². The van der Waals surface area contributed by atoms with Crippen LogP contribution in [0.15, 0.2) is 0 Å². The summed E-state index contributed by atoms with van der Waals surface area (Å²) >= 11 is 0. The third kappa shape index (κ3) is 1.63. The molecule has 2 aliphatic rings. The first-order valence-electron chi connectivity index (χ1n) is 5.17. The van der Waals surface area contributed by atoms with Crippen LogP contribution in [0, 0.1) is 11.8 Å². The molecule has 0 saturated carbocycles. The predicted octanol–water partition coefficient (Wildman–Crippen LogP) is 0.115. The maximum atomic E-state index is 11.7. The van der Waals surface area contributed by atoms with Gasteiger partial charge in [-0.2, -0.15) is 0 Å². The van der Waals surface area contributed by atoms with Crippen LogP contribution in [0.2, 0.25) is 0 Å². The summed E-state index contributed by atoms with van der Waals surface area (Å²) < 4.78 is 0. The topological polar surface area (TPSA) is 32.3 Å². The Morgan fingerprint density at radius 3 is 2.31 bits per heavy atom. The molecule has 0 aromatic carbocycles. The Labute approximate surface area is 79.5 Å². The van der Waals surface area contributed by atoms with Crippen molar-refractivity contribution in [3.05, 3.63) is 0 Å². The standard InChI is InChI=1S/C10H18N2O/c1-7(2)12-5-8-3-11-4-9(6-12)10(8)13/h7-9,11H,3-6H2,1-2H3.